The number of hydrogen-bond donors (Lipinski definition) is 2. The Labute approximate surface area is 75.7 Å². The summed E-state index contributed by atoms with van der Waals surface area (Å²) in [5, 5.41) is 13.0. The SMILES string of the molecule is C=CC(C)NCC(C)(O)C(C)C. The van der Waals surface area contributed by atoms with Crippen LogP contribution >= 0.6 is 0 Å². The maximum atomic E-state index is 9.84. The van der Waals surface area contributed by atoms with E-state index in [4.69, 9.17) is 0 Å². The van der Waals surface area contributed by atoms with Crippen LogP contribution in [0.15, 0.2) is 12.7 Å². The first kappa shape index (κ1) is 11.7. The molecule has 0 aromatic carbocycles. The third kappa shape index (κ3) is 3.88. The van der Waals surface area contributed by atoms with Crippen LogP contribution in [-0.4, -0.2) is 23.3 Å². The summed E-state index contributed by atoms with van der Waals surface area (Å²) in [6.45, 7) is 12.2. The van der Waals surface area contributed by atoms with Crippen molar-refractivity contribution in [3.8, 4) is 0 Å². The first-order chi connectivity index (χ1) is 5.40. The van der Waals surface area contributed by atoms with Gasteiger partial charge in [-0.05, 0) is 19.8 Å². The first-order valence-electron chi connectivity index (χ1n) is 4.48. The summed E-state index contributed by atoms with van der Waals surface area (Å²) in [6, 6.07) is 0.259. The highest BCUT2D eigenvalue weighted by Gasteiger charge is 2.24. The van der Waals surface area contributed by atoms with E-state index >= 15 is 0 Å². The smallest absolute Gasteiger partial charge is 0.0766 e. The van der Waals surface area contributed by atoms with Gasteiger partial charge in [0.25, 0.3) is 0 Å². The van der Waals surface area contributed by atoms with Crippen LogP contribution in [-0.2, 0) is 0 Å². The molecule has 0 heterocycles. The molecule has 0 spiro atoms. The predicted octanol–water partition coefficient (Wildman–Crippen LogP) is 1.56. The highest BCUT2D eigenvalue weighted by molar-refractivity contribution is 4.86. The minimum absolute atomic E-state index is 0.259. The van der Waals surface area contributed by atoms with Crippen molar-refractivity contribution in [1.29, 1.82) is 0 Å². The lowest BCUT2D eigenvalue weighted by molar-refractivity contribution is 0.0133. The van der Waals surface area contributed by atoms with E-state index in [1.54, 1.807) is 0 Å². The number of rotatable bonds is 5. The Morgan fingerprint density at radius 2 is 2.00 bits per heavy atom. The van der Waals surface area contributed by atoms with Crippen LogP contribution in [0.3, 0.4) is 0 Å². The second-order valence-corrected chi connectivity index (χ2v) is 3.92. The van der Waals surface area contributed by atoms with E-state index in [2.05, 4.69) is 11.9 Å². The molecule has 2 N–H and O–H groups in total. The number of aliphatic hydroxyl groups is 1. The van der Waals surface area contributed by atoms with E-state index < -0.39 is 5.60 Å². The molecule has 0 aliphatic rings. The standard InChI is InChI=1S/C10H21NO/c1-6-9(4)11-7-10(5,12)8(2)3/h6,8-9,11-12H,1,7H2,2-5H3. The lowest BCUT2D eigenvalue weighted by Gasteiger charge is -2.29. The third-order valence-electron chi connectivity index (χ3n) is 2.38. The molecule has 0 bridgehead atoms. The largest absolute Gasteiger partial charge is 0.389 e. The van der Waals surface area contributed by atoms with Crippen molar-refractivity contribution in [1.82, 2.24) is 5.32 Å². The number of nitrogens with one attached hydrogen (secondary N) is 1. The average Bonchev–Trinajstić information content (AvgIpc) is 2.00. The minimum Gasteiger partial charge on any atom is -0.389 e. The fraction of sp³-hybridized carbons (Fsp3) is 0.800. The molecule has 0 fully saturated rings. The third-order valence-corrected chi connectivity index (χ3v) is 2.38. The highest BCUT2D eigenvalue weighted by atomic mass is 16.3. The summed E-state index contributed by atoms with van der Waals surface area (Å²) in [5.74, 6) is 0.266. The zero-order valence-electron chi connectivity index (χ0n) is 8.59. The van der Waals surface area contributed by atoms with Crippen molar-refractivity contribution in [3.63, 3.8) is 0 Å². The Kier molecular flexibility index (Phi) is 4.50. The molecule has 2 heteroatoms. The zero-order valence-corrected chi connectivity index (χ0v) is 8.59. The molecule has 0 amide bonds. The van der Waals surface area contributed by atoms with Gasteiger partial charge in [-0.25, -0.2) is 0 Å². The van der Waals surface area contributed by atoms with Crippen molar-refractivity contribution in [3.05, 3.63) is 12.7 Å². The Morgan fingerprint density at radius 3 is 2.33 bits per heavy atom. The van der Waals surface area contributed by atoms with Crippen LogP contribution in [0.5, 0.6) is 0 Å². The molecule has 0 radical (unpaired) electrons. The van der Waals surface area contributed by atoms with Crippen molar-refractivity contribution >= 4 is 0 Å². The van der Waals surface area contributed by atoms with Gasteiger partial charge in [0, 0.05) is 12.6 Å². The van der Waals surface area contributed by atoms with E-state index in [0.29, 0.717) is 6.54 Å². The van der Waals surface area contributed by atoms with Gasteiger partial charge in [0.2, 0.25) is 0 Å². The van der Waals surface area contributed by atoms with Gasteiger partial charge in [-0.2, -0.15) is 0 Å². The minimum atomic E-state index is -0.628. The van der Waals surface area contributed by atoms with E-state index in [9.17, 15) is 5.11 Å². The van der Waals surface area contributed by atoms with E-state index in [-0.39, 0.29) is 12.0 Å². The summed E-state index contributed by atoms with van der Waals surface area (Å²) in [4.78, 5) is 0. The van der Waals surface area contributed by atoms with Crippen molar-refractivity contribution in [2.75, 3.05) is 6.54 Å². The molecule has 12 heavy (non-hydrogen) atoms. The summed E-state index contributed by atoms with van der Waals surface area (Å²) in [5.41, 5.74) is -0.628. The molecule has 0 aromatic heterocycles. The number of hydrogen-bond acceptors (Lipinski definition) is 2. The van der Waals surface area contributed by atoms with Gasteiger partial charge in [0.05, 0.1) is 5.60 Å². The molecule has 72 valence electrons. The molecule has 2 nitrogen and oxygen atoms in total. The maximum absolute atomic E-state index is 9.84. The molecular formula is C10H21NO. The molecule has 0 saturated heterocycles. The van der Waals surface area contributed by atoms with Crippen LogP contribution in [0, 0.1) is 5.92 Å². The topological polar surface area (TPSA) is 32.3 Å². The average molecular weight is 171 g/mol. The van der Waals surface area contributed by atoms with Gasteiger partial charge >= 0.3 is 0 Å². The molecule has 0 rings (SSSR count). The molecule has 0 saturated carbocycles. The van der Waals surface area contributed by atoms with Crippen LogP contribution in [0.1, 0.15) is 27.7 Å². The summed E-state index contributed by atoms with van der Waals surface area (Å²) >= 11 is 0. The van der Waals surface area contributed by atoms with Crippen LogP contribution in [0.25, 0.3) is 0 Å². The Morgan fingerprint density at radius 1 is 1.50 bits per heavy atom. The van der Waals surface area contributed by atoms with Crippen LogP contribution < -0.4 is 5.32 Å². The summed E-state index contributed by atoms with van der Waals surface area (Å²) < 4.78 is 0. The molecule has 0 aromatic rings. The Bertz CT molecular complexity index is 141. The van der Waals surface area contributed by atoms with Crippen molar-refractivity contribution in [2.45, 2.75) is 39.3 Å². The highest BCUT2D eigenvalue weighted by Crippen LogP contribution is 2.14. The quantitative estimate of drug-likeness (QED) is 0.615. The Hall–Kier alpha value is -0.340. The van der Waals surface area contributed by atoms with Gasteiger partial charge in [-0.1, -0.05) is 19.9 Å². The zero-order chi connectivity index (χ0) is 9.78. The van der Waals surface area contributed by atoms with E-state index in [1.807, 2.05) is 33.8 Å². The van der Waals surface area contributed by atoms with E-state index in [0.717, 1.165) is 0 Å². The fourth-order valence-electron chi connectivity index (χ4n) is 0.655. The normalized spacial score (nSPS) is 18.8. The van der Waals surface area contributed by atoms with Gasteiger partial charge in [0.1, 0.15) is 0 Å². The van der Waals surface area contributed by atoms with Crippen molar-refractivity contribution in [2.24, 2.45) is 5.92 Å². The van der Waals surface area contributed by atoms with Gasteiger partial charge in [0.15, 0.2) is 0 Å². The van der Waals surface area contributed by atoms with Gasteiger partial charge < -0.3 is 10.4 Å². The summed E-state index contributed by atoms with van der Waals surface area (Å²) in [7, 11) is 0. The molecule has 2 atom stereocenters. The second kappa shape index (κ2) is 4.63. The molecule has 2 unspecified atom stereocenters. The first-order valence-corrected chi connectivity index (χ1v) is 4.48. The maximum Gasteiger partial charge on any atom is 0.0766 e. The van der Waals surface area contributed by atoms with Crippen molar-refractivity contribution < 1.29 is 5.11 Å². The summed E-state index contributed by atoms with van der Waals surface area (Å²) in [6.07, 6.45) is 1.83. The van der Waals surface area contributed by atoms with E-state index in [1.165, 1.54) is 0 Å². The van der Waals surface area contributed by atoms with Crippen LogP contribution in [0.4, 0.5) is 0 Å². The van der Waals surface area contributed by atoms with Crippen LogP contribution in [0.2, 0.25) is 0 Å². The molecular weight excluding hydrogens is 150 g/mol. The lowest BCUT2D eigenvalue weighted by Crippen LogP contribution is -2.44. The molecule has 0 aliphatic heterocycles. The second-order valence-electron chi connectivity index (χ2n) is 3.92. The molecule has 0 aliphatic carbocycles. The fourth-order valence-corrected chi connectivity index (χ4v) is 0.655. The monoisotopic (exact) mass is 171 g/mol. The predicted molar refractivity (Wildman–Crippen MR) is 53.1 cm³/mol. The van der Waals surface area contributed by atoms with Gasteiger partial charge in [-0.15, -0.1) is 6.58 Å². The van der Waals surface area contributed by atoms with Gasteiger partial charge in [-0.3, -0.25) is 0 Å². The Balaban J connectivity index is 3.83. The lowest BCUT2D eigenvalue weighted by atomic mass is 9.92.